The molecule has 0 saturated heterocycles. The lowest BCUT2D eigenvalue weighted by atomic mass is 9.98. The SMILES string of the molecule is CCCC(NCC)C(CC)N(C)Cc1cccc(C)c1. The Balaban J connectivity index is 2.71. The van der Waals surface area contributed by atoms with Crippen LogP contribution in [0, 0.1) is 6.92 Å². The molecule has 1 aromatic rings. The molecule has 0 aliphatic carbocycles. The van der Waals surface area contributed by atoms with E-state index in [0.29, 0.717) is 12.1 Å². The third kappa shape index (κ3) is 5.26. The van der Waals surface area contributed by atoms with E-state index in [1.165, 1.54) is 30.4 Å². The average Bonchev–Trinajstić information content (AvgIpc) is 2.40. The second kappa shape index (κ2) is 9.15. The van der Waals surface area contributed by atoms with Crippen molar-refractivity contribution in [1.29, 1.82) is 0 Å². The van der Waals surface area contributed by atoms with Gasteiger partial charge < -0.3 is 5.32 Å². The van der Waals surface area contributed by atoms with E-state index in [4.69, 9.17) is 0 Å². The van der Waals surface area contributed by atoms with Gasteiger partial charge in [-0.15, -0.1) is 0 Å². The molecule has 0 fully saturated rings. The first-order valence-electron chi connectivity index (χ1n) is 8.11. The first kappa shape index (κ1) is 17.2. The van der Waals surface area contributed by atoms with Crippen molar-refractivity contribution >= 4 is 0 Å². The minimum absolute atomic E-state index is 0.602. The maximum Gasteiger partial charge on any atom is 0.0247 e. The van der Waals surface area contributed by atoms with Crippen LogP contribution in [-0.4, -0.2) is 30.6 Å². The molecule has 20 heavy (non-hydrogen) atoms. The largest absolute Gasteiger partial charge is 0.313 e. The predicted molar refractivity (Wildman–Crippen MR) is 89.1 cm³/mol. The number of hydrogen-bond acceptors (Lipinski definition) is 2. The van der Waals surface area contributed by atoms with E-state index in [9.17, 15) is 0 Å². The van der Waals surface area contributed by atoms with E-state index < -0.39 is 0 Å². The van der Waals surface area contributed by atoms with E-state index in [2.05, 4.69) is 69.2 Å². The van der Waals surface area contributed by atoms with Crippen LogP contribution in [0.15, 0.2) is 24.3 Å². The van der Waals surface area contributed by atoms with Crippen LogP contribution in [-0.2, 0) is 6.54 Å². The lowest BCUT2D eigenvalue weighted by molar-refractivity contribution is 0.173. The molecule has 2 atom stereocenters. The highest BCUT2D eigenvalue weighted by Gasteiger charge is 2.22. The lowest BCUT2D eigenvalue weighted by Crippen LogP contribution is -2.48. The van der Waals surface area contributed by atoms with Crippen LogP contribution < -0.4 is 5.32 Å². The molecule has 0 spiro atoms. The first-order chi connectivity index (χ1) is 9.62. The van der Waals surface area contributed by atoms with E-state index in [1.54, 1.807) is 0 Å². The molecule has 0 radical (unpaired) electrons. The zero-order valence-corrected chi connectivity index (χ0v) is 13.9. The molecular formula is C18H32N2. The minimum atomic E-state index is 0.602. The number of aryl methyl sites for hydroxylation is 1. The van der Waals surface area contributed by atoms with Gasteiger partial charge in [0, 0.05) is 18.6 Å². The zero-order valence-electron chi connectivity index (χ0n) is 13.9. The molecule has 0 saturated carbocycles. The number of benzene rings is 1. The van der Waals surface area contributed by atoms with Gasteiger partial charge in [0.2, 0.25) is 0 Å². The summed E-state index contributed by atoms with van der Waals surface area (Å²) in [5.41, 5.74) is 2.76. The van der Waals surface area contributed by atoms with Crippen molar-refractivity contribution < 1.29 is 0 Å². The summed E-state index contributed by atoms with van der Waals surface area (Å²) in [5, 5.41) is 3.67. The Hall–Kier alpha value is -0.860. The molecule has 0 amide bonds. The Bertz CT molecular complexity index is 369. The summed E-state index contributed by atoms with van der Waals surface area (Å²) in [6.07, 6.45) is 3.69. The highest BCUT2D eigenvalue weighted by Crippen LogP contribution is 2.16. The quantitative estimate of drug-likeness (QED) is 0.734. The van der Waals surface area contributed by atoms with Crippen molar-refractivity contribution in [3.63, 3.8) is 0 Å². The van der Waals surface area contributed by atoms with Crippen LogP contribution >= 0.6 is 0 Å². The topological polar surface area (TPSA) is 15.3 Å². The molecule has 1 N–H and O–H groups in total. The Kier molecular flexibility index (Phi) is 7.86. The zero-order chi connectivity index (χ0) is 15.0. The molecule has 0 aromatic heterocycles. The monoisotopic (exact) mass is 276 g/mol. The van der Waals surface area contributed by atoms with Crippen molar-refractivity contribution in [3.05, 3.63) is 35.4 Å². The van der Waals surface area contributed by atoms with Gasteiger partial charge in [0.25, 0.3) is 0 Å². The Morgan fingerprint density at radius 2 is 1.95 bits per heavy atom. The van der Waals surface area contributed by atoms with Gasteiger partial charge in [-0.05, 0) is 38.9 Å². The summed E-state index contributed by atoms with van der Waals surface area (Å²) in [4.78, 5) is 2.51. The standard InChI is InChI=1S/C18H32N2/c1-6-10-17(19-8-3)18(7-2)20(5)14-16-12-9-11-15(4)13-16/h9,11-13,17-19H,6-8,10,14H2,1-5H3. The van der Waals surface area contributed by atoms with Crippen LogP contribution in [0.5, 0.6) is 0 Å². The fourth-order valence-electron chi connectivity index (χ4n) is 3.12. The van der Waals surface area contributed by atoms with Gasteiger partial charge >= 0.3 is 0 Å². The van der Waals surface area contributed by atoms with Crippen LogP contribution in [0.3, 0.4) is 0 Å². The van der Waals surface area contributed by atoms with Crippen molar-refractivity contribution in [2.24, 2.45) is 0 Å². The minimum Gasteiger partial charge on any atom is -0.313 e. The number of rotatable bonds is 9. The smallest absolute Gasteiger partial charge is 0.0247 e. The van der Waals surface area contributed by atoms with Crippen molar-refractivity contribution in [2.75, 3.05) is 13.6 Å². The van der Waals surface area contributed by atoms with Crippen LogP contribution in [0.1, 0.15) is 51.2 Å². The molecule has 0 heterocycles. The highest BCUT2D eigenvalue weighted by molar-refractivity contribution is 5.22. The van der Waals surface area contributed by atoms with Crippen LogP contribution in [0.4, 0.5) is 0 Å². The Morgan fingerprint density at radius 3 is 2.50 bits per heavy atom. The summed E-state index contributed by atoms with van der Waals surface area (Å²) < 4.78 is 0. The van der Waals surface area contributed by atoms with Crippen molar-refractivity contribution in [2.45, 2.75) is 65.6 Å². The van der Waals surface area contributed by atoms with Gasteiger partial charge in [-0.1, -0.05) is 57.0 Å². The maximum absolute atomic E-state index is 3.67. The number of nitrogens with one attached hydrogen (secondary N) is 1. The van der Waals surface area contributed by atoms with Gasteiger partial charge in [-0.25, -0.2) is 0 Å². The van der Waals surface area contributed by atoms with Crippen LogP contribution in [0.2, 0.25) is 0 Å². The summed E-state index contributed by atoms with van der Waals surface area (Å²) in [6.45, 7) is 11.0. The van der Waals surface area contributed by atoms with Crippen molar-refractivity contribution in [3.8, 4) is 0 Å². The average molecular weight is 276 g/mol. The molecule has 114 valence electrons. The second-order valence-electron chi connectivity index (χ2n) is 5.83. The van der Waals surface area contributed by atoms with E-state index in [0.717, 1.165) is 13.1 Å². The number of nitrogens with zero attached hydrogens (tertiary/aromatic N) is 1. The normalized spacial score (nSPS) is 14.5. The fourth-order valence-corrected chi connectivity index (χ4v) is 3.12. The number of hydrogen-bond donors (Lipinski definition) is 1. The molecule has 0 aliphatic heterocycles. The highest BCUT2D eigenvalue weighted by atomic mass is 15.2. The van der Waals surface area contributed by atoms with Crippen LogP contribution in [0.25, 0.3) is 0 Å². The van der Waals surface area contributed by atoms with Crippen molar-refractivity contribution in [1.82, 2.24) is 10.2 Å². The van der Waals surface area contributed by atoms with Gasteiger partial charge in [0.1, 0.15) is 0 Å². The maximum atomic E-state index is 3.67. The molecule has 2 unspecified atom stereocenters. The summed E-state index contributed by atoms with van der Waals surface area (Å²) in [7, 11) is 2.26. The molecule has 1 aromatic carbocycles. The molecular weight excluding hydrogens is 244 g/mol. The Labute approximate surface area is 125 Å². The molecule has 0 bridgehead atoms. The second-order valence-corrected chi connectivity index (χ2v) is 5.83. The predicted octanol–water partition coefficient (Wildman–Crippen LogP) is 3.98. The number of likely N-dealkylation sites (N-methyl/N-ethyl adjacent to an activating group) is 2. The first-order valence-corrected chi connectivity index (χ1v) is 8.11. The van der Waals surface area contributed by atoms with E-state index >= 15 is 0 Å². The fraction of sp³-hybridized carbons (Fsp3) is 0.667. The van der Waals surface area contributed by atoms with E-state index in [1.807, 2.05) is 0 Å². The van der Waals surface area contributed by atoms with Gasteiger partial charge in [-0.3, -0.25) is 4.90 Å². The summed E-state index contributed by atoms with van der Waals surface area (Å²) in [5.74, 6) is 0. The third-order valence-electron chi connectivity index (χ3n) is 4.03. The molecule has 2 nitrogen and oxygen atoms in total. The third-order valence-corrected chi connectivity index (χ3v) is 4.03. The molecule has 2 heteroatoms. The van der Waals surface area contributed by atoms with E-state index in [-0.39, 0.29) is 0 Å². The Morgan fingerprint density at radius 1 is 1.20 bits per heavy atom. The molecule has 0 aliphatic rings. The summed E-state index contributed by atoms with van der Waals surface area (Å²) in [6, 6.07) is 10.1. The van der Waals surface area contributed by atoms with Gasteiger partial charge in [0.15, 0.2) is 0 Å². The summed E-state index contributed by atoms with van der Waals surface area (Å²) >= 11 is 0. The molecule has 1 rings (SSSR count). The van der Waals surface area contributed by atoms with Gasteiger partial charge in [0.05, 0.1) is 0 Å². The van der Waals surface area contributed by atoms with Gasteiger partial charge in [-0.2, -0.15) is 0 Å². The lowest BCUT2D eigenvalue weighted by Gasteiger charge is -2.34.